The quantitative estimate of drug-likeness (QED) is 0.205. The number of unbranched alkanes of at least 4 members (excludes halogenated alkanes) is 1. The smallest absolute Gasteiger partial charge is 0.417 e. The van der Waals surface area contributed by atoms with Crippen molar-refractivity contribution in [1.29, 1.82) is 0 Å². The van der Waals surface area contributed by atoms with Gasteiger partial charge in [-0.2, -0.15) is 0 Å². The highest BCUT2D eigenvalue weighted by atomic mass is 16.6. The average molecular weight is 602 g/mol. The van der Waals surface area contributed by atoms with Crippen molar-refractivity contribution in [2.45, 2.75) is 64.3 Å². The maximum Gasteiger partial charge on any atom is 0.417 e. The number of amides is 4. The lowest BCUT2D eigenvalue weighted by atomic mass is 10.0. The fourth-order valence-corrected chi connectivity index (χ4v) is 5.14. The number of rotatable bonds is 10. The van der Waals surface area contributed by atoms with Gasteiger partial charge in [-0.25, -0.2) is 19.3 Å². The first-order valence-corrected chi connectivity index (χ1v) is 14.6. The first-order valence-electron chi connectivity index (χ1n) is 14.6. The van der Waals surface area contributed by atoms with Crippen molar-refractivity contribution in [3.8, 4) is 11.1 Å². The number of hydrogen-bond acceptors (Lipinski definition) is 7. The molecule has 4 rings (SSSR count). The minimum atomic E-state index is -1.11. The summed E-state index contributed by atoms with van der Waals surface area (Å²) >= 11 is 0. The third kappa shape index (κ3) is 8.15. The molecule has 1 unspecified atom stereocenters. The molecule has 0 spiro atoms. The van der Waals surface area contributed by atoms with Crippen LogP contribution in [0.15, 0.2) is 78.9 Å². The number of methoxy groups -OCH3 is 1. The van der Waals surface area contributed by atoms with E-state index in [9.17, 15) is 19.2 Å². The Hall–Kier alpha value is -4.86. The van der Waals surface area contributed by atoms with Crippen molar-refractivity contribution < 1.29 is 33.4 Å². The fourth-order valence-electron chi connectivity index (χ4n) is 5.14. The number of imide groups is 1. The summed E-state index contributed by atoms with van der Waals surface area (Å²) in [7, 11) is 1.22. The normalized spacial score (nSPS) is 12.7. The van der Waals surface area contributed by atoms with Gasteiger partial charge in [-0.05, 0) is 67.9 Å². The van der Waals surface area contributed by atoms with Crippen LogP contribution in [-0.2, 0) is 25.6 Å². The Balaban J connectivity index is 1.54. The Kier molecular flexibility index (Phi) is 10.6. The number of benzene rings is 3. The zero-order valence-corrected chi connectivity index (χ0v) is 25.5. The molecule has 1 aliphatic rings. The van der Waals surface area contributed by atoms with Crippen molar-refractivity contribution in [3.05, 3.63) is 95.6 Å². The second-order valence-electron chi connectivity index (χ2n) is 11.4. The number of alkyl carbamates (subject to hydrolysis) is 2. The molecule has 44 heavy (non-hydrogen) atoms. The van der Waals surface area contributed by atoms with Gasteiger partial charge in [0, 0.05) is 6.54 Å². The molecular formula is C34H39N3O7. The van der Waals surface area contributed by atoms with Gasteiger partial charge < -0.3 is 24.8 Å². The van der Waals surface area contributed by atoms with Crippen LogP contribution in [0.3, 0.4) is 0 Å². The van der Waals surface area contributed by atoms with E-state index in [4.69, 9.17) is 14.2 Å². The third-order valence-electron chi connectivity index (χ3n) is 7.06. The standard InChI is InChI=1S/C34H39N3O7/c1-34(2,3)44-31(39)35-21-13-12-20-28(36-32(40)43-22-23-14-6-5-7-15-23)30(38)37(33(41)42-4)29-26-18-10-8-16-24(26)25-17-9-11-19-27(25)29/h5-11,14-19,28-29H,12-13,20-22H2,1-4H3,(H,35,39)(H,36,40). The molecule has 2 N–H and O–H groups in total. The number of fused-ring (bicyclic) bond motifs is 3. The van der Waals surface area contributed by atoms with Crippen LogP contribution in [0.1, 0.15) is 62.8 Å². The monoisotopic (exact) mass is 601 g/mol. The molecule has 0 saturated carbocycles. The lowest BCUT2D eigenvalue weighted by Crippen LogP contribution is -2.51. The van der Waals surface area contributed by atoms with Gasteiger partial charge >= 0.3 is 18.3 Å². The van der Waals surface area contributed by atoms with Crippen LogP contribution in [0, 0.1) is 0 Å². The zero-order chi connectivity index (χ0) is 31.7. The molecule has 0 saturated heterocycles. The Morgan fingerprint density at radius 1 is 0.818 bits per heavy atom. The summed E-state index contributed by atoms with van der Waals surface area (Å²) < 4.78 is 15.8. The van der Waals surface area contributed by atoms with E-state index < -0.39 is 41.9 Å². The summed E-state index contributed by atoms with van der Waals surface area (Å²) in [4.78, 5) is 53.6. The molecule has 10 heteroatoms. The number of hydrogen-bond donors (Lipinski definition) is 2. The summed E-state index contributed by atoms with van der Waals surface area (Å²) in [5.74, 6) is -0.634. The van der Waals surface area contributed by atoms with Gasteiger partial charge in [0.15, 0.2) is 0 Å². The van der Waals surface area contributed by atoms with Gasteiger partial charge in [0.05, 0.1) is 13.2 Å². The van der Waals surface area contributed by atoms with Crippen LogP contribution < -0.4 is 10.6 Å². The SMILES string of the molecule is COC(=O)N(C(=O)C(CCCCNC(=O)OC(C)(C)C)NC(=O)OCc1ccccc1)C1c2ccccc2-c2ccccc21. The van der Waals surface area contributed by atoms with Crippen LogP contribution in [0.4, 0.5) is 14.4 Å². The third-order valence-corrected chi connectivity index (χ3v) is 7.06. The topological polar surface area (TPSA) is 123 Å². The van der Waals surface area contributed by atoms with Gasteiger partial charge in [-0.3, -0.25) is 4.79 Å². The van der Waals surface area contributed by atoms with Gasteiger partial charge in [-0.15, -0.1) is 0 Å². The first-order chi connectivity index (χ1) is 21.1. The molecule has 1 aliphatic carbocycles. The molecule has 0 fully saturated rings. The molecule has 0 heterocycles. The summed E-state index contributed by atoms with van der Waals surface area (Å²) in [6.07, 6.45) is -1.06. The fraction of sp³-hybridized carbons (Fsp3) is 0.353. The van der Waals surface area contributed by atoms with Crippen LogP contribution in [0.5, 0.6) is 0 Å². The van der Waals surface area contributed by atoms with Gasteiger partial charge in [0.25, 0.3) is 5.91 Å². The maximum atomic E-state index is 14.3. The highest BCUT2D eigenvalue weighted by Crippen LogP contribution is 2.46. The molecule has 3 aromatic rings. The molecule has 10 nitrogen and oxygen atoms in total. The molecule has 3 aromatic carbocycles. The summed E-state index contributed by atoms with van der Waals surface area (Å²) in [6.45, 7) is 5.65. The van der Waals surface area contributed by atoms with Gasteiger partial charge in [0.1, 0.15) is 18.2 Å². The lowest BCUT2D eigenvalue weighted by Gasteiger charge is -2.31. The number of ether oxygens (including phenoxy) is 3. The number of carbonyl (C=O) groups is 4. The zero-order valence-electron chi connectivity index (χ0n) is 25.5. The number of nitrogens with zero attached hydrogens (tertiary/aromatic N) is 1. The van der Waals surface area contributed by atoms with Crippen LogP contribution in [0.2, 0.25) is 0 Å². The van der Waals surface area contributed by atoms with E-state index in [0.29, 0.717) is 19.4 Å². The highest BCUT2D eigenvalue weighted by molar-refractivity contribution is 5.98. The van der Waals surface area contributed by atoms with Crippen molar-refractivity contribution >= 4 is 24.2 Å². The van der Waals surface area contributed by atoms with Crippen LogP contribution in [0.25, 0.3) is 11.1 Å². The van der Waals surface area contributed by atoms with E-state index in [2.05, 4.69) is 10.6 Å². The molecule has 232 valence electrons. The van der Waals surface area contributed by atoms with E-state index in [1.807, 2.05) is 78.9 Å². The van der Waals surface area contributed by atoms with Crippen molar-refractivity contribution in [2.75, 3.05) is 13.7 Å². The molecule has 1 atom stereocenters. The molecular weight excluding hydrogens is 562 g/mol. The summed E-state index contributed by atoms with van der Waals surface area (Å²) in [6, 6.07) is 22.5. The number of nitrogens with one attached hydrogen (secondary N) is 2. The average Bonchev–Trinajstić information content (AvgIpc) is 3.33. The van der Waals surface area contributed by atoms with Crippen molar-refractivity contribution in [3.63, 3.8) is 0 Å². The van der Waals surface area contributed by atoms with Crippen LogP contribution in [-0.4, -0.2) is 54.4 Å². The molecule has 0 radical (unpaired) electrons. The van der Waals surface area contributed by atoms with E-state index in [1.54, 1.807) is 20.8 Å². The van der Waals surface area contributed by atoms with Gasteiger partial charge in [0.2, 0.25) is 0 Å². The van der Waals surface area contributed by atoms with Crippen LogP contribution >= 0.6 is 0 Å². The Bertz CT molecular complexity index is 1420. The minimum absolute atomic E-state index is 0.0114. The second-order valence-corrected chi connectivity index (χ2v) is 11.4. The second kappa shape index (κ2) is 14.5. The minimum Gasteiger partial charge on any atom is -0.452 e. The molecule has 4 amide bonds. The molecule has 0 bridgehead atoms. The predicted molar refractivity (Wildman–Crippen MR) is 165 cm³/mol. The molecule has 0 aromatic heterocycles. The van der Waals surface area contributed by atoms with Crippen molar-refractivity contribution in [1.82, 2.24) is 15.5 Å². The summed E-state index contributed by atoms with van der Waals surface area (Å²) in [5.41, 5.74) is 3.54. The number of carbonyl (C=O) groups excluding carboxylic acids is 4. The van der Waals surface area contributed by atoms with E-state index >= 15 is 0 Å². The summed E-state index contributed by atoms with van der Waals surface area (Å²) in [5, 5.41) is 5.37. The Morgan fingerprint density at radius 3 is 2.00 bits per heavy atom. The van der Waals surface area contributed by atoms with E-state index in [0.717, 1.165) is 32.7 Å². The lowest BCUT2D eigenvalue weighted by molar-refractivity contribution is -0.133. The Labute approximate surface area is 257 Å². The Morgan fingerprint density at radius 2 is 1.41 bits per heavy atom. The van der Waals surface area contributed by atoms with Crippen molar-refractivity contribution in [2.24, 2.45) is 0 Å². The van der Waals surface area contributed by atoms with E-state index in [1.165, 1.54) is 7.11 Å². The predicted octanol–water partition coefficient (Wildman–Crippen LogP) is 6.34. The largest absolute Gasteiger partial charge is 0.452 e. The van der Waals surface area contributed by atoms with E-state index in [-0.39, 0.29) is 13.0 Å². The highest BCUT2D eigenvalue weighted by Gasteiger charge is 2.42. The first kappa shape index (κ1) is 32.1. The van der Waals surface area contributed by atoms with Gasteiger partial charge in [-0.1, -0.05) is 78.9 Å². The maximum absolute atomic E-state index is 14.3. The molecule has 0 aliphatic heterocycles.